The monoisotopic (exact) mass is 275 g/mol. The van der Waals surface area contributed by atoms with Gasteiger partial charge in [0.05, 0.1) is 0 Å². The standard InChI is InChI=1S/C11H18BrNS/c1-8(2)9(3)13(4)6-11-5-10(12)7-14-11/h5,7-9H,6H2,1-4H3. The quantitative estimate of drug-likeness (QED) is 0.803. The summed E-state index contributed by atoms with van der Waals surface area (Å²) in [5.74, 6) is 0.711. The van der Waals surface area contributed by atoms with Crippen LogP contribution in [0.1, 0.15) is 25.6 Å². The Morgan fingerprint density at radius 1 is 1.43 bits per heavy atom. The van der Waals surface area contributed by atoms with Crippen LogP contribution in [-0.4, -0.2) is 18.0 Å². The van der Waals surface area contributed by atoms with E-state index in [4.69, 9.17) is 0 Å². The maximum absolute atomic E-state index is 3.48. The Morgan fingerprint density at radius 2 is 2.07 bits per heavy atom. The molecule has 0 radical (unpaired) electrons. The molecule has 80 valence electrons. The van der Waals surface area contributed by atoms with Gasteiger partial charge in [0.1, 0.15) is 0 Å². The molecule has 0 aliphatic rings. The van der Waals surface area contributed by atoms with Crippen molar-refractivity contribution in [1.82, 2.24) is 4.90 Å². The minimum absolute atomic E-state index is 0.635. The van der Waals surface area contributed by atoms with Gasteiger partial charge in [0.25, 0.3) is 0 Å². The molecule has 0 spiro atoms. The molecule has 0 saturated heterocycles. The van der Waals surface area contributed by atoms with Crippen LogP contribution < -0.4 is 0 Å². The number of rotatable bonds is 4. The summed E-state index contributed by atoms with van der Waals surface area (Å²) >= 11 is 5.30. The highest BCUT2D eigenvalue weighted by Crippen LogP contribution is 2.22. The van der Waals surface area contributed by atoms with Crippen molar-refractivity contribution in [3.8, 4) is 0 Å². The van der Waals surface area contributed by atoms with E-state index in [2.05, 4.69) is 60.1 Å². The van der Waals surface area contributed by atoms with Crippen molar-refractivity contribution in [2.45, 2.75) is 33.4 Å². The van der Waals surface area contributed by atoms with E-state index in [0.717, 1.165) is 6.54 Å². The third kappa shape index (κ3) is 3.37. The summed E-state index contributed by atoms with van der Waals surface area (Å²) < 4.78 is 1.20. The Bertz CT molecular complexity index is 283. The maximum Gasteiger partial charge on any atom is 0.0328 e. The fourth-order valence-electron chi connectivity index (χ4n) is 1.34. The SMILES string of the molecule is CC(C)C(C)N(C)Cc1cc(Br)cs1. The van der Waals surface area contributed by atoms with E-state index >= 15 is 0 Å². The Balaban J connectivity index is 2.52. The molecule has 1 rings (SSSR count). The first kappa shape index (κ1) is 12.2. The summed E-state index contributed by atoms with van der Waals surface area (Å²) in [6.07, 6.45) is 0. The molecule has 0 bridgehead atoms. The fraction of sp³-hybridized carbons (Fsp3) is 0.636. The van der Waals surface area contributed by atoms with Crippen molar-refractivity contribution < 1.29 is 0 Å². The zero-order valence-electron chi connectivity index (χ0n) is 9.25. The van der Waals surface area contributed by atoms with Gasteiger partial charge in [-0.05, 0) is 41.9 Å². The van der Waals surface area contributed by atoms with Gasteiger partial charge in [0.2, 0.25) is 0 Å². The molecule has 3 heteroatoms. The predicted octanol–water partition coefficient (Wildman–Crippen LogP) is 3.99. The Hall–Kier alpha value is 0.140. The molecule has 1 atom stereocenters. The van der Waals surface area contributed by atoms with Crippen molar-refractivity contribution in [3.63, 3.8) is 0 Å². The van der Waals surface area contributed by atoms with Gasteiger partial charge >= 0.3 is 0 Å². The molecule has 0 N–H and O–H groups in total. The van der Waals surface area contributed by atoms with Crippen molar-refractivity contribution >= 4 is 27.3 Å². The fourth-order valence-corrected chi connectivity index (χ4v) is 2.85. The smallest absolute Gasteiger partial charge is 0.0328 e. The number of hydrogen-bond acceptors (Lipinski definition) is 2. The van der Waals surface area contributed by atoms with E-state index in [0.29, 0.717) is 12.0 Å². The first-order chi connectivity index (χ1) is 6.50. The molecule has 0 saturated carbocycles. The molecule has 1 aromatic heterocycles. The highest BCUT2D eigenvalue weighted by atomic mass is 79.9. The molecule has 1 aromatic rings. The van der Waals surface area contributed by atoms with Gasteiger partial charge in [0.15, 0.2) is 0 Å². The van der Waals surface area contributed by atoms with E-state index in [1.54, 1.807) is 0 Å². The summed E-state index contributed by atoms with van der Waals surface area (Å²) in [4.78, 5) is 3.83. The highest BCUT2D eigenvalue weighted by molar-refractivity contribution is 9.10. The molecule has 0 aliphatic carbocycles. The second-order valence-electron chi connectivity index (χ2n) is 4.13. The topological polar surface area (TPSA) is 3.24 Å². The van der Waals surface area contributed by atoms with Gasteiger partial charge in [0, 0.05) is 27.3 Å². The van der Waals surface area contributed by atoms with Crippen LogP contribution in [0.2, 0.25) is 0 Å². The van der Waals surface area contributed by atoms with Gasteiger partial charge in [-0.25, -0.2) is 0 Å². The second kappa shape index (κ2) is 5.29. The van der Waals surface area contributed by atoms with E-state index in [1.165, 1.54) is 9.35 Å². The van der Waals surface area contributed by atoms with E-state index in [1.807, 2.05) is 11.3 Å². The number of thiophene rings is 1. The third-order valence-corrected chi connectivity index (χ3v) is 4.37. The van der Waals surface area contributed by atoms with Crippen molar-refractivity contribution in [1.29, 1.82) is 0 Å². The summed E-state index contributed by atoms with van der Waals surface area (Å²) in [5, 5.41) is 2.14. The normalized spacial score (nSPS) is 13.9. The average molecular weight is 276 g/mol. The average Bonchev–Trinajstić information content (AvgIpc) is 2.49. The molecule has 1 heterocycles. The minimum atomic E-state index is 0.635. The number of nitrogens with zero attached hydrogens (tertiary/aromatic N) is 1. The molecule has 1 unspecified atom stereocenters. The lowest BCUT2D eigenvalue weighted by Crippen LogP contribution is -2.32. The van der Waals surface area contributed by atoms with Crippen LogP contribution in [0.25, 0.3) is 0 Å². The number of halogens is 1. The van der Waals surface area contributed by atoms with Gasteiger partial charge in [-0.2, -0.15) is 0 Å². The largest absolute Gasteiger partial charge is 0.298 e. The lowest BCUT2D eigenvalue weighted by atomic mass is 10.1. The van der Waals surface area contributed by atoms with Crippen LogP contribution in [0.5, 0.6) is 0 Å². The zero-order valence-corrected chi connectivity index (χ0v) is 11.7. The van der Waals surface area contributed by atoms with Gasteiger partial charge in [-0.3, -0.25) is 4.90 Å². The molecule has 14 heavy (non-hydrogen) atoms. The van der Waals surface area contributed by atoms with Crippen molar-refractivity contribution in [3.05, 3.63) is 20.8 Å². The molecule has 0 fully saturated rings. The Morgan fingerprint density at radius 3 is 2.50 bits per heavy atom. The first-order valence-corrected chi connectivity index (χ1v) is 6.61. The van der Waals surface area contributed by atoms with E-state index in [9.17, 15) is 0 Å². The van der Waals surface area contributed by atoms with Crippen molar-refractivity contribution in [2.75, 3.05) is 7.05 Å². The van der Waals surface area contributed by atoms with Crippen LogP contribution in [0.4, 0.5) is 0 Å². The van der Waals surface area contributed by atoms with Gasteiger partial charge in [-0.15, -0.1) is 11.3 Å². The molecule has 0 amide bonds. The van der Waals surface area contributed by atoms with Gasteiger partial charge < -0.3 is 0 Å². The highest BCUT2D eigenvalue weighted by Gasteiger charge is 2.13. The van der Waals surface area contributed by atoms with Crippen LogP contribution in [0.3, 0.4) is 0 Å². The Labute approximate surface area is 99.3 Å². The minimum Gasteiger partial charge on any atom is -0.298 e. The van der Waals surface area contributed by atoms with Crippen LogP contribution >= 0.6 is 27.3 Å². The van der Waals surface area contributed by atoms with Crippen LogP contribution in [0, 0.1) is 5.92 Å². The summed E-state index contributed by atoms with van der Waals surface area (Å²) in [6, 6.07) is 2.84. The third-order valence-electron chi connectivity index (χ3n) is 2.69. The Kier molecular flexibility index (Phi) is 4.61. The van der Waals surface area contributed by atoms with Crippen LogP contribution in [0.15, 0.2) is 15.9 Å². The predicted molar refractivity (Wildman–Crippen MR) is 67.8 cm³/mol. The zero-order chi connectivity index (χ0) is 10.7. The number of hydrogen-bond donors (Lipinski definition) is 0. The van der Waals surface area contributed by atoms with E-state index < -0.39 is 0 Å². The van der Waals surface area contributed by atoms with Crippen molar-refractivity contribution in [2.24, 2.45) is 5.92 Å². The van der Waals surface area contributed by atoms with Gasteiger partial charge in [-0.1, -0.05) is 13.8 Å². The second-order valence-corrected chi connectivity index (χ2v) is 6.04. The molecule has 0 aromatic carbocycles. The molecular formula is C11H18BrNS. The van der Waals surface area contributed by atoms with E-state index in [-0.39, 0.29) is 0 Å². The summed E-state index contributed by atoms with van der Waals surface area (Å²) in [6.45, 7) is 7.87. The molecule has 0 aliphatic heterocycles. The summed E-state index contributed by atoms with van der Waals surface area (Å²) in [7, 11) is 2.19. The lowest BCUT2D eigenvalue weighted by Gasteiger charge is -2.27. The summed E-state index contributed by atoms with van der Waals surface area (Å²) in [5.41, 5.74) is 0. The molecule has 1 nitrogen and oxygen atoms in total. The lowest BCUT2D eigenvalue weighted by molar-refractivity contribution is 0.202. The van der Waals surface area contributed by atoms with Crippen LogP contribution in [-0.2, 0) is 6.54 Å². The molecular weight excluding hydrogens is 258 g/mol. The first-order valence-electron chi connectivity index (χ1n) is 4.94. The maximum atomic E-state index is 3.48.